The van der Waals surface area contributed by atoms with Crippen LogP contribution < -0.4 is 11.1 Å². The fraction of sp³-hybridized carbons (Fsp3) is 1.00. The topological polar surface area (TPSA) is 105 Å². The Bertz CT molecular complexity index is 133. The molecule has 0 atom stereocenters. The third-order valence-corrected chi connectivity index (χ3v) is 1.56. The molecule has 0 spiro atoms. The maximum atomic E-state index is 9.57. The molecule has 0 amide bonds. The van der Waals surface area contributed by atoms with Crippen LogP contribution in [0, 0.1) is 0 Å². The number of ether oxygens (including phenoxy) is 1. The minimum atomic E-state index is -3.87. The molecule has 1 aliphatic rings. The maximum Gasteiger partial charge on any atom is 0.338 e. The molecule has 0 aromatic heterocycles. The van der Waals surface area contributed by atoms with E-state index in [9.17, 15) is 4.57 Å². The van der Waals surface area contributed by atoms with Crippen molar-refractivity contribution in [2.45, 2.75) is 0 Å². The summed E-state index contributed by atoms with van der Waals surface area (Å²) in [4.78, 5) is 15.6. The van der Waals surface area contributed by atoms with Crippen molar-refractivity contribution in [1.29, 1.82) is 0 Å². The van der Waals surface area contributed by atoms with Crippen molar-refractivity contribution >= 4 is 7.60 Å². The van der Waals surface area contributed by atoms with Gasteiger partial charge in [0.15, 0.2) is 0 Å². The van der Waals surface area contributed by atoms with E-state index < -0.39 is 13.9 Å². The van der Waals surface area contributed by atoms with Crippen LogP contribution in [0.25, 0.3) is 0 Å². The van der Waals surface area contributed by atoms with Crippen LogP contribution in [-0.4, -0.2) is 42.4 Å². The molecule has 0 unspecified atom stereocenters. The molecule has 0 radical (unpaired) electrons. The van der Waals surface area contributed by atoms with E-state index in [0.29, 0.717) is 0 Å². The van der Waals surface area contributed by atoms with E-state index in [1.807, 2.05) is 0 Å². The molecule has 1 heterocycles. The summed E-state index contributed by atoms with van der Waals surface area (Å²) in [7, 11) is -3.87. The minimum absolute atomic E-state index is 0.562. The summed E-state index contributed by atoms with van der Waals surface area (Å²) < 4.78 is 14.6. The zero-order valence-corrected chi connectivity index (χ0v) is 7.67. The van der Waals surface area contributed by atoms with Crippen LogP contribution in [0.15, 0.2) is 0 Å². The van der Waals surface area contributed by atoms with Gasteiger partial charge in [-0.1, -0.05) is 0 Å². The van der Waals surface area contributed by atoms with Crippen LogP contribution in [-0.2, 0) is 9.30 Å². The predicted molar refractivity (Wildman–Crippen MR) is 44.8 cm³/mol. The fourth-order valence-electron chi connectivity index (χ4n) is 0.516. The molecule has 74 valence electrons. The van der Waals surface area contributed by atoms with E-state index in [4.69, 9.17) is 14.5 Å². The first kappa shape index (κ1) is 12.0. The van der Waals surface area contributed by atoms with E-state index in [0.717, 1.165) is 26.3 Å². The largest absolute Gasteiger partial charge is 0.379 e. The molecule has 0 aromatic carbocycles. The van der Waals surface area contributed by atoms with Gasteiger partial charge in [-0.3, -0.25) is 4.57 Å². The van der Waals surface area contributed by atoms with Gasteiger partial charge in [-0.2, -0.15) is 0 Å². The maximum absolute atomic E-state index is 9.57. The molecule has 1 rings (SSSR count). The lowest BCUT2D eigenvalue weighted by molar-refractivity contribution is 0.109. The smallest absolute Gasteiger partial charge is 0.338 e. The van der Waals surface area contributed by atoms with E-state index in [-0.39, 0.29) is 0 Å². The SMILES string of the molecule is C1COCCN1.NCP(=O)(O)O. The van der Waals surface area contributed by atoms with Gasteiger partial charge in [0, 0.05) is 13.1 Å². The Morgan fingerprint density at radius 3 is 1.92 bits per heavy atom. The van der Waals surface area contributed by atoms with Crippen molar-refractivity contribution < 1.29 is 19.1 Å². The number of rotatable bonds is 1. The van der Waals surface area contributed by atoms with Gasteiger partial charge >= 0.3 is 7.60 Å². The van der Waals surface area contributed by atoms with Crippen molar-refractivity contribution in [3.05, 3.63) is 0 Å². The lowest BCUT2D eigenvalue weighted by atomic mass is 10.5. The number of hydrogen-bond donors (Lipinski definition) is 4. The second kappa shape index (κ2) is 6.54. The van der Waals surface area contributed by atoms with Crippen LogP contribution >= 0.6 is 7.60 Å². The van der Waals surface area contributed by atoms with Crippen molar-refractivity contribution in [2.75, 3.05) is 32.6 Å². The van der Waals surface area contributed by atoms with Crippen molar-refractivity contribution in [3.63, 3.8) is 0 Å². The number of morpholine rings is 1. The number of nitrogens with one attached hydrogen (secondary N) is 1. The molecule has 0 aromatic rings. The zero-order valence-electron chi connectivity index (χ0n) is 6.77. The molecule has 7 heteroatoms. The van der Waals surface area contributed by atoms with Crippen LogP contribution in [0.3, 0.4) is 0 Å². The molecule has 6 nitrogen and oxygen atoms in total. The number of hydrogen-bond acceptors (Lipinski definition) is 4. The molecule has 0 saturated carbocycles. The van der Waals surface area contributed by atoms with E-state index in [2.05, 4.69) is 11.1 Å². The monoisotopic (exact) mass is 198 g/mol. The first-order valence-electron chi connectivity index (χ1n) is 3.59. The summed E-state index contributed by atoms with van der Waals surface area (Å²) in [6, 6.07) is 0. The second-order valence-electron chi connectivity index (χ2n) is 2.21. The highest BCUT2D eigenvalue weighted by molar-refractivity contribution is 7.51. The van der Waals surface area contributed by atoms with Crippen LogP contribution in [0.2, 0.25) is 0 Å². The summed E-state index contributed by atoms with van der Waals surface area (Å²) >= 11 is 0. The van der Waals surface area contributed by atoms with Gasteiger partial charge < -0.3 is 25.6 Å². The van der Waals surface area contributed by atoms with Gasteiger partial charge in [0.1, 0.15) is 0 Å². The van der Waals surface area contributed by atoms with Crippen molar-refractivity contribution in [1.82, 2.24) is 5.32 Å². The summed E-state index contributed by atoms with van der Waals surface area (Å²) in [6.07, 6.45) is -0.562. The highest BCUT2D eigenvalue weighted by atomic mass is 31.2. The lowest BCUT2D eigenvalue weighted by Crippen LogP contribution is -2.30. The highest BCUT2D eigenvalue weighted by Crippen LogP contribution is 2.30. The molecule has 0 aliphatic carbocycles. The van der Waals surface area contributed by atoms with Crippen molar-refractivity contribution in [3.8, 4) is 0 Å². The first-order valence-corrected chi connectivity index (χ1v) is 5.39. The third kappa shape index (κ3) is 10.0. The number of nitrogens with two attached hydrogens (primary N) is 1. The highest BCUT2D eigenvalue weighted by Gasteiger charge is 2.05. The van der Waals surface area contributed by atoms with Crippen molar-refractivity contribution in [2.24, 2.45) is 5.73 Å². The summed E-state index contributed by atoms with van der Waals surface area (Å²) in [6.45, 7) is 3.83. The molecule has 12 heavy (non-hydrogen) atoms. The lowest BCUT2D eigenvalue weighted by Gasteiger charge is -2.10. The molecule has 0 bridgehead atoms. The predicted octanol–water partition coefficient (Wildman–Crippen LogP) is -1.31. The Balaban J connectivity index is 0.000000202. The van der Waals surface area contributed by atoms with Gasteiger partial charge in [-0.25, -0.2) is 0 Å². The average molecular weight is 198 g/mol. The zero-order chi connectivity index (χ0) is 9.45. The summed E-state index contributed by atoms with van der Waals surface area (Å²) in [5.41, 5.74) is 4.54. The normalized spacial score (nSPS) is 17.9. The van der Waals surface area contributed by atoms with E-state index in [1.54, 1.807) is 0 Å². The Hall–Kier alpha value is 0.0300. The molecule has 1 aliphatic heterocycles. The summed E-state index contributed by atoms with van der Waals surface area (Å²) in [5, 5.41) is 3.16. The second-order valence-corrected chi connectivity index (χ2v) is 3.90. The van der Waals surface area contributed by atoms with Gasteiger partial charge in [-0.15, -0.1) is 0 Å². The van der Waals surface area contributed by atoms with Crippen LogP contribution in [0.4, 0.5) is 0 Å². The van der Waals surface area contributed by atoms with Crippen LogP contribution in [0.5, 0.6) is 0 Å². The molecule has 5 N–H and O–H groups in total. The van der Waals surface area contributed by atoms with Gasteiger partial charge in [0.2, 0.25) is 0 Å². The molecular formula is C5H15N2O4P. The van der Waals surface area contributed by atoms with Gasteiger partial charge in [0.05, 0.1) is 19.5 Å². The molecule has 1 fully saturated rings. The minimum Gasteiger partial charge on any atom is -0.379 e. The van der Waals surface area contributed by atoms with Gasteiger partial charge in [-0.05, 0) is 0 Å². The van der Waals surface area contributed by atoms with E-state index >= 15 is 0 Å². The average Bonchev–Trinajstić information content (AvgIpc) is 2.07. The Morgan fingerprint density at radius 1 is 1.42 bits per heavy atom. The Kier molecular flexibility index (Phi) is 6.55. The third-order valence-electron chi connectivity index (χ3n) is 1.08. The van der Waals surface area contributed by atoms with Crippen LogP contribution in [0.1, 0.15) is 0 Å². The molecular weight excluding hydrogens is 183 g/mol. The Labute approximate surface area is 71.3 Å². The van der Waals surface area contributed by atoms with E-state index in [1.165, 1.54) is 0 Å². The standard InChI is InChI=1S/C4H9NO.CH6NO3P/c1-3-6-4-2-5-1;2-1-6(3,4)5/h5H,1-4H2;1-2H2,(H2,3,4,5). The van der Waals surface area contributed by atoms with Gasteiger partial charge in [0.25, 0.3) is 0 Å². The first-order chi connectivity index (χ1) is 5.56. The quantitative estimate of drug-likeness (QED) is 0.390. The summed E-state index contributed by atoms with van der Waals surface area (Å²) in [5.74, 6) is 0. The molecule has 1 saturated heterocycles. The fourth-order valence-corrected chi connectivity index (χ4v) is 0.516. The Morgan fingerprint density at radius 2 is 1.83 bits per heavy atom.